The van der Waals surface area contributed by atoms with Crippen LogP contribution in [-0.2, 0) is 14.3 Å². The molecule has 1 N–H and O–H groups in total. The van der Waals surface area contributed by atoms with Gasteiger partial charge in [0.2, 0.25) is 5.91 Å². The third-order valence-corrected chi connectivity index (χ3v) is 5.83. The number of carbonyl (C=O) groups is 2. The number of nitrogens with one attached hydrogen (secondary N) is 1. The smallest absolute Gasteiger partial charge is 0.222 e. The van der Waals surface area contributed by atoms with Gasteiger partial charge in [-0.05, 0) is 44.9 Å². The molecule has 1 unspecified atom stereocenters. The van der Waals surface area contributed by atoms with Crippen LogP contribution in [-0.4, -0.2) is 30.4 Å². The summed E-state index contributed by atoms with van der Waals surface area (Å²) in [5.74, 6) is 0.909. The summed E-state index contributed by atoms with van der Waals surface area (Å²) < 4.78 is 5.82. The Kier molecular flexibility index (Phi) is 8.23. The van der Waals surface area contributed by atoms with Gasteiger partial charge in [0.25, 0.3) is 0 Å². The molecule has 0 bridgehead atoms. The zero-order valence-electron chi connectivity index (χ0n) is 15.5. The lowest BCUT2D eigenvalue weighted by Gasteiger charge is -2.29. The standard InChI is InChI=1S/C20H35NO3/c1-3-15(2)20(23)16-9-11-17(12-10-16)21-19(22)13-14-24-18-7-5-4-6-8-18/h15-18H,3-14H2,1-2H3,(H,21,22). The van der Waals surface area contributed by atoms with Gasteiger partial charge < -0.3 is 10.1 Å². The fourth-order valence-corrected chi connectivity index (χ4v) is 3.98. The molecular weight excluding hydrogens is 302 g/mol. The lowest BCUT2D eigenvalue weighted by Crippen LogP contribution is -2.39. The Balaban J connectivity index is 1.59. The summed E-state index contributed by atoms with van der Waals surface area (Å²) in [6, 6.07) is 0.244. The lowest BCUT2D eigenvalue weighted by atomic mass is 9.79. The van der Waals surface area contributed by atoms with Crippen LogP contribution < -0.4 is 5.32 Å². The van der Waals surface area contributed by atoms with Crippen molar-refractivity contribution >= 4 is 11.7 Å². The molecule has 0 aromatic heterocycles. The van der Waals surface area contributed by atoms with Gasteiger partial charge in [-0.3, -0.25) is 9.59 Å². The van der Waals surface area contributed by atoms with Crippen LogP contribution in [0.4, 0.5) is 0 Å². The average molecular weight is 338 g/mol. The molecule has 0 aromatic carbocycles. The number of hydrogen-bond acceptors (Lipinski definition) is 3. The second-order valence-electron chi connectivity index (χ2n) is 7.71. The van der Waals surface area contributed by atoms with Gasteiger partial charge >= 0.3 is 0 Å². The van der Waals surface area contributed by atoms with Crippen molar-refractivity contribution in [3.05, 3.63) is 0 Å². The quantitative estimate of drug-likeness (QED) is 0.728. The van der Waals surface area contributed by atoms with E-state index in [0.717, 1.165) is 44.9 Å². The van der Waals surface area contributed by atoms with Gasteiger partial charge in [-0.1, -0.05) is 33.1 Å². The summed E-state index contributed by atoms with van der Waals surface area (Å²) in [6.45, 7) is 4.64. The van der Waals surface area contributed by atoms with Crippen LogP contribution >= 0.6 is 0 Å². The molecule has 2 rings (SSSR count). The molecule has 2 saturated carbocycles. The Hall–Kier alpha value is -0.900. The number of rotatable bonds is 8. The van der Waals surface area contributed by atoms with Gasteiger partial charge in [0.1, 0.15) is 5.78 Å². The highest BCUT2D eigenvalue weighted by molar-refractivity contribution is 5.83. The van der Waals surface area contributed by atoms with Crippen LogP contribution in [0.1, 0.15) is 84.5 Å². The van der Waals surface area contributed by atoms with Gasteiger partial charge in [-0.2, -0.15) is 0 Å². The number of Topliss-reactive ketones (excluding diaryl/α,β-unsaturated/α-hetero) is 1. The number of ether oxygens (including phenoxy) is 1. The van der Waals surface area contributed by atoms with Crippen molar-refractivity contribution in [2.75, 3.05) is 6.61 Å². The third kappa shape index (κ3) is 6.19. The minimum absolute atomic E-state index is 0.0995. The fourth-order valence-electron chi connectivity index (χ4n) is 3.98. The van der Waals surface area contributed by atoms with Crippen LogP contribution in [0.15, 0.2) is 0 Å². The van der Waals surface area contributed by atoms with Gasteiger partial charge in [-0.15, -0.1) is 0 Å². The topological polar surface area (TPSA) is 55.4 Å². The summed E-state index contributed by atoms with van der Waals surface area (Å²) in [5, 5.41) is 3.13. The predicted molar refractivity (Wildman–Crippen MR) is 95.8 cm³/mol. The molecule has 1 amide bonds. The maximum atomic E-state index is 12.2. The van der Waals surface area contributed by atoms with E-state index in [1.165, 1.54) is 19.3 Å². The van der Waals surface area contributed by atoms with E-state index in [2.05, 4.69) is 12.2 Å². The predicted octanol–water partition coefficient (Wildman–Crippen LogP) is 4.02. The Morgan fingerprint density at radius 1 is 1.04 bits per heavy atom. The first-order valence-corrected chi connectivity index (χ1v) is 10.0. The van der Waals surface area contributed by atoms with Crippen molar-refractivity contribution in [1.82, 2.24) is 5.32 Å². The van der Waals surface area contributed by atoms with Crippen LogP contribution in [0.5, 0.6) is 0 Å². The highest BCUT2D eigenvalue weighted by Crippen LogP contribution is 2.28. The number of ketones is 1. The summed E-state index contributed by atoms with van der Waals surface area (Å²) in [6.07, 6.45) is 11.6. The molecule has 24 heavy (non-hydrogen) atoms. The number of amides is 1. The van der Waals surface area contributed by atoms with Crippen molar-refractivity contribution in [3.63, 3.8) is 0 Å². The average Bonchev–Trinajstić information content (AvgIpc) is 2.62. The zero-order chi connectivity index (χ0) is 17.4. The summed E-state index contributed by atoms with van der Waals surface area (Å²) >= 11 is 0. The molecule has 138 valence electrons. The Bertz CT molecular complexity index is 396. The van der Waals surface area contributed by atoms with Crippen LogP contribution in [0, 0.1) is 11.8 Å². The van der Waals surface area contributed by atoms with E-state index in [-0.39, 0.29) is 23.8 Å². The molecule has 0 spiro atoms. The van der Waals surface area contributed by atoms with Gasteiger partial charge in [0, 0.05) is 24.3 Å². The van der Waals surface area contributed by atoms with Crippen LogP contribution in [0.25, 0.3) is 0 Å². The van der Waals surface area contributed by atoms with E-state index in [4.69, 9.17) is 4.74 Å². The van der Waals surface area contributed by atoms with Gasteiger partial charge in [0.05, 0.1) is 12.7 Å². The Morgan fingerprint density at radius 2 is 1.71 bits per heavy atom. The molecule has 1 atom stereocenters. The van der Waals surface area contributed by atoms with E-state index in [1.54, 1.807) is 0 Å². The molecule has 0 saturated heterocycles. The van der Waals surface area contributed by atoms with Crippen molar-refractivity contribution in [2.24, 2.45) is 11.8 Å². The highest BCUT2D eigenvalue weighted by Gasteiger charge is 2.28. The number of hydrogen-bond donors (Lipinski definition) is 1. The monoisotopic (exact) mass is 337 g/mol. The first-order valence-electron chi connectivity index (χ1n) is 10.0. The highest BCUT2D eigenvalue weighted by atomic mass is 16.5. The molecule has 2 aliphatic rings. The summed E-state index contributed by atoms with van der Waals surface area (Å²) in [7, 11) is 0. The Morgan fingerprint density at radius 3 is 2.33 bits per heavy atom. The molecule has 0 aliphatic heterocycles. The first kappa shape index (κ1) is 19.4. The normalized spacial score (nSPS) is 26.8. The van der Waals surface area contributed by atoms with Crippen molar-refractivity contribution < 1.29 is 14.3 Å². The van der Waals surface area contributed by atoms with Gasteiger partial charge in [0.15, 0.2) is 0 Å². The SMILES string of the molecule is CCC(C)C(=O)C1CCC(NC(=O)CCOC2CCCCC2)CC1. The molecule has 2 fully saturated rings. The van der Waals surface area contributed by atoms with Crippen molar-refractivity contribution in [2.45, 2.75) is 96.6 Å². The Labute approximate surface area is 147 Å². The van der Waals surface area contributed by atoms with Crippen molar-refractivity contribution in [1.29, 1.82) is 0 Å². The summed E-state index contributed by atoms with van der Waals surface area (Å²) in [4.78, 5) is 24.3. The van der Waals surface area contributed by atoms with Crippen LogP contribution in [0.2, 0.25) is 0 Å². The van der Waals surface area contributed by atoms with E-state index in [9.17, 15) is 9.59 Å². The summed E-state index contributed by atoms with van der Waals surface area (Å²) in [5.41, 5.74) is 0. The molecular formula is C20H35NO3. The molecule has 0 heterocycles. The van der Waals surface area contributed by atoms with Crippen molar-refractivity contribution in [3.8, 4) is 0 Å². The van der Waals surface area contributed by atoms with E-state index in [0.29, 0.717) is 24.9 Å². The van der Waals surface area contributed by atoms with E-state index >= 15 is 0 Å². The van der Waals surface area contributed by atoms with E-state index < -0.39 is 0 Å². The van der Waals surface area contributed by atoms with Gasteiger partial charge in [-0.25, -0.2) is 0 Å². The van der Waals surface area contributed by atoms with E-state index in [1.807, 2.05) is 6.92 Å². The second kappa shape index (κ2) is 10.2. The first-order chi connectivity index (χ1) is 11.6. The third-order valence-electron chi connectivity index (χ3n) is 5.83. The number of carbonyl (C=O) groups excluding carboxylic acids is 2. The molecule has 0 aromatic rings. The fraction of sp³-hybridized carbons (Fsp3) is 0.900. The molecule has 4 nitrogen and oxygen atoms in total. The lowest BCUT2D eigenvalue weighted by molar-refractivity contribution is -0.127. The van der Waals surface area contributed by atoms with Crippen LogP contribution in [0.3, 0.4) is 0 Å². The molecule has 0 radical (unpaired) electrons. The largest absolute Gasteiger partial charge is 0.378 e. The maximum Gasteiger partial charge on any atom is 0.222 e. The molecule has 2 aliphatic carbocycles. The zero-order valence-corrected chi connectivity index (χ0v) is 15.5. The maximum absolute atomic E-state index is 12.2. The second-order valence-corrected chi connectivity index (χ2v) is 7.71. The minimum Gasteiger partial charge on any atom is -0.378 e. The minimum atomic E-state index is 0.0995. The molecule has 4 heteroatoms.